The van der Waals surface area contributed by atoms with E-state index in [0.717, 1.165) is 17.4 Å². The average molecular weight is 365 g/mol. The van der Waals surface area contributed by atoms with Crippen LogP contribution in [-0.4, -0.2) is 24.7 Å². The number of para-hydroxylation sites is 2. The Morgan fingerprint density at radius 1 is 1.19 bits per heavy atom. The van der Waals surface area contributed by atoms with Crippen molar-refractivity contribution in [3.05, 3.63) is 59.7 Å². The van der Waals surface area contributed by atoms with Gasteiger partial charge in [0.2, 0.25) is 0 Å². The maximum Gasteiger partial charge on any atom is 0.419 e. The molecule has 1 amide bonds. The Morgan fingerprint density at radius 3 is 2.65 bits per heavy atom. The van der Waals surface area contributed by atoms with E-state index in [1.54, 1.807) is 0 Å². The summed E-state index contributed by atoms with van der Waals surface area (Å²) in [7, 11) is 0. The highest BCUT2D eigenvalue weighted by Crippen LogP contribution is 2.36. The molecule has 0 saturated carbocycles. The normalized spacial score (nSPS) is 17.6. The van der Waals surface area contributed by atoms with Crippen LogP contribution in [0.25, 0.3) is 0 Å². The maximum absolute atomic E-state index is 13.0. The van der Waals surface area contributed by atoms with Crippen molar-refractivity contribution in [2.45, 2.75) is 31.7 Å². The van der Waals surface area contributed by atoms with Crippen molar-refractivity contribution >= 4 is 5.91 Å². The van der Waals surface area contributed by atoms with Gasteiger partial charge in [0.1, 0.15) is 18.1 Å². The quantitative estimate of drug-likeness (QED) is 0.901. The molecule has 0 aliphatic carbocycles. The van der Waals surface area contributed by atoms with E-state index in [1.165, 1.54) is 25.1 Å². The summed E-state index contributed by atoms with van der Waals surface area (Å²) in [6.45, 7) is 1.72. The van der Waals surface area contributed by atoms with Crippen molar-refractivity contribution < 1.29 is 27.4 Å². The Balaban J connectivity index is 1.63. The van der Waals surface area contributed by atoms with Crippen LogP contribution in [0, 0.1) is 0 Å². The molecular weight excluding hydrogens is 347 g/mol. The van der Waals surface area contributed by atoms with Gasteiger partial charge in [-0.15, -0.1) is 0 Å². The number of benzene rings is 2. The van der Waals surface area contributed by atoms with Crippen LogP contribution in [0.1, 0.15) is 18.1 Å². The van der Waals surface area contributed by atoms with Gasteiger partial charge in [-0.05, 0) is 37.1 Å². The van der Waals surface area contributed by atoms with Gasteiger partial charge in [-0.25, -0.2) is 0 Å². The molecule has 0 unspecified atom stereocenters. The van der Waals surface area contributed by atoms with Crippen molar-refractivity contribution in [2.24, 2.45) is 0 Å². The third-order valence-electron chi connectivity index (χ3n) is 4.09. The van der Waals surface area contributed by atoms with Gasteiger partial charge in [0.25, 0.3) is 5.91 Å². The zero-order valence-corrected chi connectivity index (χ0v) is 14.0. The van der Waals surface area contributed by atoms with E-state index >= 15 is 0 Å². The fraction of sp³-hybridized carbons (Fsp3) is 0.316. The minimum Gasteiger partial charge on any atom is -0.491 e. The number of alkyl halides is 3. The molecule has 0 spiro atoms. The summed E-state index contributed by atoms with van der Waals surface area (Å²) in [6.07, 6.45) is -5.03. The zero-order valence-electron chi connectivity index (χ0n) is 14.0. The highest BCUT2D eigenvalue weighted by Gasteiger charge is 2.35. The van der Waals surface area contributed by atoms with E-state index in [1.807, 2.05) is 24.3 Å². The van der Waals surface area contributed by atoms with Crippen LogP contribution in [0.2, 0.25) is 0 Å². The standard InChI is InChI=1S/C19H18F3NO3/c1-12(26-17-9-5-3-7-15(17)19(20,21)22)18(24)23-14-10-13-6-2-4-8-16(13)25-11-14/h2-9,12,14H,10-11H2,1H3,(H,23,24)/t12-,14-/m0/s1. The van der Waals surface area contributed by atoms with Crippen LogP contribution in [0.3, 0.4) is 0 Å². The molecule has 7 heteroatoms. The topological polar surface area (TPSA) is 47.6 Å². The van der Waals surface area contributed by atoms with Crippen molar-refractivity contribution in [1.29, 1.82) is 0 Å². The van der Waals surface area contributed by atoms with Crippen molar-refractivity contribution in [1.82, 2.24) is 5.32 Å². The molecule has 0 bridgehead atoms. The van der Waals surface area contributed by atoms with Crippen LogP contribution in [-0.2, 0) is 17.4 Å². The molecule has 4 nitrogen and oxygen atoms in total. The van der Waals surface area contributed by atoms with Crippen LogP contribution in [0.15, 0.2) is 48.5 Å². The van der Waals surface area contributed by atoms with Crippen LogP contribution >= 0.6 is 0 Å². The van der Waals surface area contributed by atoms with E-state index in [2.05, 4.69) is 5.32 Å². The molecule has 1 aliphatic rings. The number of ether oxygens (including phenoxy) is 2. The first-order chi connectivity index (χ1) is 12.3. The van der Waals surface area contributed by atoms with Gasteiger partial charge in [0, 0.05) is 0 Å². The Kier molecular flexibility index (Phi) is 5.06. The fourth-order valence-corrected chi connectivity index (χ4v) is 2.79. The number of nitrogens with one attached hydrogen (secondary N) is 1. The first kappa shape index (κ1) is 18.1. The SMILES string of the molecule is C[C@H](Oc1ccccc1C(F)(F)F)C(=O)N[C@@H]1COc2ccccc2C1. The molecule has 0 aromatic heterocycles. The molecule has 26 heavy (non-hydrogen) atoms. The van der Waals surface area contributed by atoms with E-state index in [4.69, 9.17) is 9.47 Å². The second kappa shape index (κ2) is 7.27. The first-order valence-electron chi connectivity index (χ1n) is 8.18. The van der Waals surface area contributed by atoms with Gasteiger partial charge in [0.15, 0.2) is 6.10 Å². The second-order valence-electron chi connectivity index (χ2n) is 6.08. The minimum atomic E-state index is -4.55. The van der Waals surface area contributed by atoms with Crippen LogP contribution in [0.5, 0.6) is 11.5 Å². The van der Waals surface area contributed by atoms with Gasteiger partial charge >= 0.3 is 6.18 Å². The Hall–Kier alpha value is -2.70. The average Bonchev–Trinajstić information content (AvgIpc) is 2.61. The molecule has 3 rings (SSSR count). The number of amides is 1. The number of carbonyl (C=O) groups is 1. The highest BCUT2D eigenvalue weighted by atomic mass is 19.4. The number of halogens is 3. The number of carbonyl (C=O) groups excluding carboxylic acids is 1. The van der Waals surface area contributed by atoms with Gasteiger partial charge in [-0.3, -0.25) is 4.79 Å². The van der Waals surface area contributed by atoms with E-state index in [9.17, 15) is 18.0 Å². The highest BCUT2D eigenvalue weighted by molar-refractivity contribution is 5.81. The largest absolute Gasteiger partial charge is 0.491 e. The molecule has 1 aliphatic heterocycles. The molecule has 1 heterocycles. The van der Waals surface area contributed by atoms with Crippen molar-refractivity contribution in [3.63, 3.8) is 0 Å². The van der Waals surface area contributed by atoms with Crippen LogP contribution < -0.4 is 14.8 Å². The summed E-state index contributed by atoms with van der Waals surface area (Å²) >= 11 is 0. The molecule has 2 atom stereocenters. The number of rotatable bonds is 4. The summed E-state index contributed by atoms with van der Waals surface area (Å²) in [4.78, 5) is 12.3. The summed E-state index contributed by atoms with van der Waals surface area (Å²) in [5.41, 5.74) is 0.0645. The first-order valence-corrected chi connectivity index (χ1v) is 8.18. The fourth-order valence-electron chi connectivity index (χ4n) is 2.79. The predicted octanol–water partition coefficient (Wildman–Crippen LogP) is 3.59. The van der Waals surface area contributed by atoms with Crippen molar-refractivity contribution in [2.75, 3.05) is 6.61 Å². The lowest BCUT2D eigenvalue weighted by molar-refractivity contribution is -0.140. The third-order valence-corrected chi connectivity index (χ3v) is 4.09. The van der Waals surface area contributed by atoms with Gasteiger partial charge < -0.3 is 14.8 Å². The lowest BCUT2D eigenvalue weighted by Crippen LogP contribution is -2.47. The van der Waals surface area contributed by atoms with Gasteiger partial charge in [-0.1, -0.05) is 30.3 Å². The zero-order chi connectivity index (χ0) is 18.7. The molecular formula is C19H18F3NO3. The van der Waals surface area contributed by atoms with E-state index in [-0.39, 0.29) is 11.8 Å². The van der Waals surface area contributed by atoms with Gasteiger partial charge in [0.05, 0.1) is 11.6 Å². The van der Waals surface area contributed by atoms with Crippen molar-refractivity contribution in [3.8, 4) is 11.5 Å². The number of hydrogen-bond donors (Lipinski definition) is 1. The molecule has 1 N–H and O–H groups in total. The summed E-state index contributed by atoms with van der Waals surface area (Å²) in [6, 6.07) is 12.1. The smallest absolute Gasteiger partial charge is 0.419 e. The van der Waals surface area contributed by atoms with E-state index < -0.39 is 23.8 Å². The lowest BCUT2D eigenvalue weighted by Gasteiger charge is -2.27. The molecule has 0 radical (unpaired) electrons. The maximum atomic E-state index is 13.0. The summed E-state index contributed by atoms with van der Waals surface area (Å²) in [5, 5.41) is 2.77. The third kappa shape index (κ3) is 4.09. The summed E-state index contributed by atoms with van der Waals surface area (Å²) in [5.74, 6) is -0.0794. The Labute approximate surface area is 148 Å². The second-order valence-corrected chi connectivity index (χ2v) is 6.08. The number of fused-ring (bicyclic) bond motifs is 1. The van der Waals surface area contributed by atoms with Crippen LogP contribution in [0.4, 0.5) is 13.2 Å². The number of hydrogen-bond acceptors (Lipinski definition) is 3. The summed E-state index contributed by atoms with van der Waals surface area (Å²) < 4.78 is 49.9. The molecule has 138 valence electrons. The van der Waals surface area contributed by atoms with Gasteiger partial charge in [-0.2, -0.15) is 13.2 Å². The monoisotopic (exact) mass is 365 g/mol. The molecule has 2 aromatic rings. The Morgan fingerprint density at radius 2 is 1.88 bits per heavy atom. The van der Waals surface area contributed by atoms with E-state index in [0.29, 0.717) is 13.0 Å². The Bertz CT molecular complexity index is 792. The molecule has 0 fully saturated rings. The molecule has 2 aromatic carbocycles. The molecule has 0 saturated heterocycles. The minimum absolute atomic E-state index is 0.263. The predicted molar refractivity (Wildman–Crippen MR) is 89.1 cm³/mol. The lowest BCUT2D eigenvalue weighted by atomic mass is 10.0.